The Bertz CT molecular complexity index is 63.9. The van der Waals surface area contributed by atoms with Crippen LogP contribution >= 0.6 is 0 Å². The first-order valence-corrected chi connectivity index (χ1v) is 4.72. The molecule has 0 spiro atoms. The van der Waals surface area contributed by atoms with Crippen molar-refractivity contribution in [2.75, 3.05) is 7.05 Å². The summed E-state index contributed by atoms with van der Waals surface area (Å²) in [5.74, 6) is 0. The van der Waals surface area contributed by atoms with Gasteiger partial charge in [0, 0.05) is 0 Å². The monoisotopic (exact) mass is 204 g/mol. The molecule has 0 N–H and O–H groups in total. The molecule has 1 nitrogen and oxygen atoms in total. The van der Waals surface area contributed by atoms with E-state index < -0.39 is 0 Å². The minimum atomic E-state index is 0.795. The molecule has 0 aliphatic heterocycles. The number of hydrogen-bond acceptors (Lipinski definition) is 1. The molecule has 0 heterocycles. The standard InChI is InChI=1S/C7H16N.Zr/c1-4-5-6-7(2)8-3;/h7H,4-6H2,1-3H3;/q-1;+1. The Morgan fingerprint density at radius 1 is 1.56 bits per heavy atom. The molecule has 0 fully saturated rings. The third-order valence-corrected chi connectivity index (χ3v) is 2.72. The van der Waals surface area contributed by atoms with E-state index in [1.807, 2.05) is 0 Å². The number of nitrogens with zero attached hydrogens (tertiary/aromatic N) is 1. The van der Waals surface area contributed by atoms with Crippen molar-refractivity contribution in [3.63, 3.8) is 0 Å². The van der Waals surface area contributed by atoms with Crippen LogP contribution in [-0.2, 0) is 25.0 Å². The van der Waals surface area contributed by atoms with Gasteiger partial charge in [0.25, 0.3) is 0 Å². The molecule has 1 atom stereocenters. The summed E-state index contributed by atoms with van der Waals surface area (Å²) in [7, 11) is 2.18. The average Bonchev–Trinajstić information content (AvgIpc) is 1.82. The summed E-state index contributed by atoms with van der Waals surface area (Å²) in [4.78, 5) is 0. The molecule has 0 aliphatic rings. The molecule has 0 amide bonds. The molecule has 0 saturated heterocycles. The topological polar surface area (TPSA) is 3.24 Å². The van der Waals surface area contributed by atoms with Crippen LogP contribution in [-0.4, -0.2) is 15.9 Å². The van der Waals surface area contributed by atoms with E-state index >= 15 is 0 Å². The zero-order valence-corrected chi connectivity index (χ0v) is 9.10. The second-order valence-corrected chi connectivity index (χ2v) is 4.34. The van der Waals surface area contributed by atoms with Crippen molar-refractivity contribution in [3.05, 3.63) is 0 Å². The first kappa shape index (κ1) is 9.84. The maximum atomic E-state index is 2.36. The number of rotatable bonds is 4. The van der Waals surface area contributed by atoms with Crippen LogP contribution in [0.25, 0.3) is 0 Å². The van der Waals surface area contributed by atoms with Crippen LogP contribution in [0.1, 0.15) is 33.1 Å². The van der Waals surface area contributed by atoms with Gasteiger partial charge in [-0.1, -0.05) is 0 Å². The predicted octanol–water partition coefficient (Wildman–Crippen LogP) is 1.96. The van der Waals surface area contributed by atoms with Crippen molar-refractivity contribution in [3.8, 4) is 0 Å². The summed E-state index contributed by atoms with van der Waals surface area (Å²) >= 11 is 1.53. The second-order valence-electron chi connectivity index (χ2n) is 2.60. The summed E-state index contributed by atoms with van der Waals surface area (Å²) in [5.41, 5.74) is 0. The Balaban J connectivity index is 3.16. The molecule has 9 heavy (non-hydrogen) atoms. The van der Waals surface area contributed by atoms with Gasteiger partial charge < -0.3 is 0 Å². The van der Waals surface area contributed by atoms with E-state index in [0.29, 0.717) is 0 Å². The molecule has 0 aromatic heterocycles. The Hall–Kier alpha value is 0.843. The Kier molecular flexibility index (Phi) is 6.14. The fourth-order valence-electron chi connectivity index (χ4n) is 0.693. The van der Waals surface area contributed by atoms with Crippen molar-refractivity contribution in [2.45, 2.75) is 39.2 Å². The molecule has 2 heteroatoms. The molecule has 0 bridgehead atoms. The Morgan fingerprint density at radius 3 is 2.44 bits per heavy atom. The van der Waals surface area contributed by atoms with Gasteiger partial charge in [-0.25, -0.2) is 0 Å². The van der Waals surface area contributed by atoms with Crippen LogP contribution in [0.2, 0.25) is 0 Å². The summed E-state index contributed by atoms with van der Waals surface area (Å²) in [6.07, 6.45) is 4.06. The Morgan fingerprint density at radius 2 is 2.11 bits per heavy atom. The molecule has 0 aliphatic carbocycles. The van der Waals surface area contributed by atoms with Gasteiger partial charge in [0.05, 0.1) is 0 Å². The normalized spacial score (nSPS) is 14.1. The van der Waals surface area contributed by atoms with Crippen molar-refractivity contribution < 1.29 is 25.0 Å². The van der Waals surface area contributed by atoms with Crippen LogP contribution in [0, 0.1) is 0 Å². The summed E-state index contributed by atoms with van der Waals surface area (Å²) < 4.78 is 2.36. The summed E-state index contributed by atoms with van der Waals surface area (Å²) in [5, 5.41) is 0. The van der Waals surface area contributed by atoms with Crippen LogP contribution in [0.15, 0.2) is 0 Å². The van der Waals surface area contributed by atoms with Gasteiger partial charge in [0.15, 0.2) is 0 Å². The third kappa shape index (κ3) is 5.30. The SMILES string of the molecule is CCCCC(C)[N](C)[Zr]. The zero-order chi connectivity index (χ0) is 7.28. The van der Waals surface area contributed by atoms with Gasteiger partial charge in [-0.05, 0) is 0 Å². The molecule has 53 valence electrons. The Labute approximate surface area is 74.1 Å². The molecule has 1 unspecified atom stereocenters. The molecular weight excluding hydrogens is 189 g/mol. The summed E-state index contributed by atoms with van der Waals surface area (Å²) in [6, 6.07) is 0.795. The third-order valence-electron chi connectivity index (χ3n) is 1.64. The van der Waals surface area contributed by atoms with Crippen molar-refractivity contribution in [1.82, 2.24) is 2.84 Å². The fourth-order valence-corrected chi connectivity index (χ4v) is 1.01. The van der Waals surface area contributed by atoms with Gasteiger partial charge in [-0.15, -0.1) is 0 Å². The van der Waals surface area contributed by atoms with Crippen LogP contribution in [0.4, 0.5) is 0 Å². The van der Waals surface area contributed by atoms with Gasteiger partial charge in [0.2, 0.25) is 0 Å². The molecule has 0 aromatic carbocycles. The maximum absolute atomic E-state index is 2.36. The van der Waals surface area contributed by atoms with E-state index in [-0.39, 0.29) is 0 Å². The van der Waals surface area contributed by atoms with Crippen LogP contribution < -0.4 is 0 Å². The molecule has 0 rings (SSSR count). The molecule has 0 saturated carbocycles. The van der Waals surface area contributed by atoms with Crippen LogP contribution in [0.5, 0.6) is 0 Å². The minimum absolute atomic E-state index is 0.795. The average molecular weight is 205 g/mol. The van der Waals surface area contributed by atoms with E-state index in [1.54, 1.807) is 0 Å². The fraction of sp³-hybridized carbons (Fsp3) is 1.00. The van der Waals surface area contributed by atoms with Gasteiger partial charge >= 0.3 is 74.1 Å². The quantitative estimate of drug-likeness (QED) is 0.678. The predicted molar refractivity (Wildman–Crippen MR) is 36.7 cm³/mol. The molecule has 0 aromatic rings. The first-order chi connectivity index (χ1) is 4.18. The van der Waals surface area contributed by atoms with Gasteiger partial charge in [-0.2, -0.15) is 0 Å². The summed E-state index contributed by atoms with van der Waals surface area (Å²) in [6.45, 7) is 4.54. The van der Waals surface area contributed by atoms with Crippen molar-refractivity contribution in [2.24, 2.45) is 0 Å². The van der Waals surface area contributed by atoms with Crippen molar-refractivity contribution >= 4 is 0 Å². The van der Waals surface area contributed by atoms with Gasteiger partial charge in [0.1, 0.15) is 0 Å². The van der Waals surface area contributed by atoms with Crippen LogP contribution in [0.3, 0.4) is 0 Å². The van der Waals surface area contributed by atoms with E-state index in [2.05, 4.69) is 23.7 Å². The zero-order valence-electron chi connectivity index (χ0n) is 6.65. The number of hydrogen-bond donors (Lipinski definition) is 0. The van der Waals surface area contributed by atoms with Crippen molar-refractivity contribution in [1.29, 1.82) is 0 Å². The van der Waals surface area contributed by atoms with E-state index in [9.17, 15) is 0 Å². The van der Waals surface area contributed by atoms with E-state index in [0.717, 1.165) is 6.04 Å². The van der Waals surface area contributed by atoms with E-state index in [1.165, 1.54) is 44.3 Å². The number of unbranched alkanes of at least 4 members (excludes halogenated alkanes) is 1. The molecule has 0 radical (unpaired) electrons. The first-order valence-electron chi connectivity index (χ1n) is 3.62. The van der Waals surface area contributed by atoms with E-state index in [4.69, 9.17) is 0 Å². The molecular formula is C7H16NZr. The van der Waals surface area contributed by atoms with Gasteiger partial charge in [-0.3, -0.25) is 0 Å². The second kappa shape index (κ2) is 5.61.